The van der Waals surface area contributed by atoms with E-state index in [1.165, 1.54) is 5.56 Å². The third kappa shape index (κ3) is 10.2. The Morgan fingerprint density at radius 3 is 2.55 bits per heavy atom. The number of rotatable bonds is 10. The molecule has 0 spiro atoms. The van der Waals surface area contributed by atoms with Gasteiger partial charge in [0.2, 0.25) is 5.91 Å². The average molecular weight is 546 g/mol. The average Bonchev–Trinajstić information content (AvgIpc) is 2.77. The van der Waals surface area contributed by atoms with E-state index in [0.29, 0.717) is 12.1 Å². The molecule has 176 valence electrons. The van der Waals surface area contributed by atoms with Crippen molar-refractivity contribution >= 4 is 35.8 Å². The van der Waals surface area contributed by atoms with Gasteiger partial charge in [0, 0.05) is 59.0 Å². The maximum atomic E-state index is 11.9. The van der Waals surface area contributed by atoms with Crippen LogP contribution < -0.4 is 10.6 Å². The third-order valence-corrected chi connectivity index (χ3v) is 5.53. The zero-order valence-electron chi connectivity index (χ0n) is 19.5. The molecule has 1 aromatic rings. The Hall–Kier alpha value is -1.39. The number of carbonyl (C=O) groups excluding carboxylic acids is 1. The molecule has 1 atom stereocenters. The van der Waals surface area contributed by atoms with Gasteiger partial charge in [-0.1, -0.05) is 30.3 Å². The molecule has 2 N–H and O–H groups in total. The van der Waals surface area contributed by atoms with Gasteiger partial charge in [-0.25, -0.2) is 4.99 Å². The summed E-state index contributed by atoms with van der Waals surface area (Å²) < 4.78 is 5.40. The van der Waals surface area contributed by atoms with Gasteiger partial charge >= 0.3 is 0 Å². The Kier molecular flexibility index (Phi) is 13.7. The summed E-state index contributed by atoms with van der Waals surface area (Å²) in [7, 11) is 3.51. The molecule has 8 heteroatoms. The van der Waals surface area contributed by atoms with E-state index >= 15 is 0 Å². The first-order valence-corrected chi connectivity index (χ1v) is 11.1. The van der Waals surface area contributed by atoms with Crippen molar-refractivity contribution in [1.29, 1.82) is 0 Å². The van der Waals surface area contributed by atoms with Gasteiger partial charge in [-0.05, 0) is 38.7 Å². The number of hydrogen-bond donors (Lipinski definition) is 2. The Balaban J connectivity index is 0.00000480. The monoisotopic (exact) mass is 545 g/mol. The number of likely N-dealkylation sites (tertiary alicyclic amines) is 1. The zero-order valence-corrected chi connectivity index (χ0v) is 21.8. The molecule has 0 aromatic heterocycles. The highest BCUT2D eigenvalue weighted by atomic mass is 127. The van der Waals surface area contributed by atoms with Crippen LogP contribution in [-0.2, 0) is 9.53 Å². The van der Waals surface area contributed by atoms with E-state index in [9.17, 15) is 4.79 Å². The number of benzene rings is 1. The second-order valence-corrected chi connectivity index (χ2v) is 7.97. The number of nitrogens with zero attached hydrogens (tertiary/aromatic N) is 3. The maximum Gasteiger partial charge on any atom is 0.243 e. The molecule has 1 saturated heterocycles. The standard InChI is InChI=1S/C23H39N5O2.HI/c1-5-30-17-9-14-24-23(25-18-22(29)27(3)4)26-21-12-15-28(16-13-21)19(2)20-10-7-6-8-11-20;/h6-8,10-11,19,21H,5,9,12-18H2,1-4H3,(H2,24,25,26);1H. The van der Waals surface area contributed by atoms with E-state index in [2.05, 4.69) is 57.8 Å². The molecule has 1 amide bonds. The summed E-state index contributed by atoms with van der Waals surface area (Å²) in [5, 5.41) is 6.90. The van der Waals surface area contributed by atoms with Crippen LogP contribution in [0.4, 0.5) is 0 Å². The van der Waals surface area contributed by atoms with E-state index in [-0.39, 0.29) is 36.4 Å². The molecule has 0 radical (unpaired) electrons. The Bertz CT molecular complexity index is 649. The predicted molar refractivity (Wildman–Crippen MR) is 138 cm³/mol. The van der Waals surface area contributed by atoms with Gasteiger partial charge in [0.05, 0.1) is 0 Å². The first kappa shape index (κ1) is 27.6. The fraction of sp³-hybridized carbons (Fsp3) is 0.652. The van der Waals surface area contributed by atoms with Crippen molar-refractivity contribution in [2.24, 2.45) is 4.99 Å². The highest BCUT2D eigenvalue weighted by molar-refractivity contribution is 14.0. The molecule has 2 rings (SSSR count). The number of piperidine rings is 1. The summed E-state index contributed by atoms with van der Waals surface area (Å²) in [5.74, 6) is 0.716. The Labute approximate surface area is 205 Å². The SMILES string of the molecule is CCOCCCNC(=NCC(=O)N(C)C)NC1CCN(C(C)c2ccccc2)CC1.I. The number of nitrogens with one attached hydrogen (secondary N) is 2. The summed E-state index contributed by atoms with van der Waals surface area (Å²) in [5.41, 5.74) is 1.37. The van der Waals surface area contributed by atoms with E-state index < -0.39 is 0 Å². The fourth-order valence-electron chi connectivity index (χ4n) is 3.53. The van der Waals surface area contributed by atoms with Crippen LogP contribution in [0.5, 0.6) is 0 Å². The van der Waals surface area contributed by atoms with Crippen molar-refractivity contribution in [3.63, 3.8) is 0 Å². The minimum atomic E-state index is -0.00285. The summed E-state index contributed by atoms with van der Waals surface area (Å²) >= 11 is 0. The van der Waals surface area contributed by atoms with Crippen LogP contribution >= 0.6 is 24.0 Å². The Morgan fingerprint density at radius 1 is 1.26 bits per heavy atom. The van der Waals surface area contributed by atoms with E-state index in [1.807, 2.05) is 6.92 Å². The molecule has 0 bridgehead atoms. The largest absolute Gasteiger partial charge is 0.382 e. The Morgan fingerprint density at radius 2 is 1.94 bits per heavy atom. The number of carbonyl (C=O) groups is 1. The van der Waals surface area contributed by atoms with E-state index in [0.717, 1.165) is 58.1 Å². The van der Waals surface area contributed by atoms with Crippen LogP contribution in [0.15, 0.2) is 35.3 Å². The molecule has 1 aliphatic rings. The number of amides is 1. The number of ether oxygens (including phenoxy) is 1. The second kappa shape index (κ2) is 15.4. The van der Waals surface area contributed by atoms with Gasteiger partial charge in [0.15, 0.2) is 5.96 Å². The van der Waals surface area contributed by atoms with E-state index in [4.69, 9.17) is 4.74 Å². The number of halogens is 1. The summed E-state index contributed by atoms with van der Waals surface area (Å²) in [6.45, 7) is 8.75. The quantitative estimate of drug-likeness (QED) is 0.205. The third-order valence-electron chi connectivity index (χ3n) is 5.53. The van der Waals surface area contributed by atoms with Crippen molar-refractivity contribution in [1.82, 2.24) is 20.4 Å². The number of aliphatic imine (C=N–C) groups is 1. The molecule has 31 heavy (non-hydrogen) atoms. The molecule has 1 aliphatic heterocycles. The summed E-state index contributed by atoms with van der Waals surface area (Å²) in [6.07, 6.45) is 3.01. The lowest BCUT2D eigenvalue weighted by Gasteiger charge is -2.37. The lowest BCUT2D eigenvalue weighted by atomic mass is 10.0. The molecular weight excluding hydrogens is 505 g/mol. The normalized spacial score (nSPS) is 16.3. The van der Waals surface area contributed by atoms with E-state index in [1.54, 1.807) is 19.0 Å². The van der Waals surface area contributed by atoms with Crippen LogP contribution in [0.1, 0.15) is 44.7 Å². The van der Waals surface area contributed by atoms with Gasteiger partial charge in [-0.15, -0.1) is 24.0 Å². The molecular formula is C23H40IN5O2. The lowest BCUT2D eigenvalue weighted by Crippen LogP contribution is -2.49. The molecule has 1 unspecified atom stereocenters. The summed E-state index contributed by atoms with van der Waals surface area (Å²) in [4.78, 5) is 20.6. The van der Waals surface area contributed by atoms with Crippen molar-refractivity contribution in [2.45, 2.75) is 45.2 Å². The van der Waals surface area contributed by atoms with Crippen molar-refractivity contribution in [3.05, 3.63) is 35.9 Å². The fourth-order valence-corrected chi connectivity index (χ4v) is 3.53. The summed E-state index contributed by atoms with van der Waals surface area (Å²) in [6, 6.07) is 11.5. The number of guanidine groups is 1. The molecule has 0 aliphatic carbocycles. The second-order valence-electron chi connectivity index (χ2n) is 7.97. The van der Waals surface area contributed by atoms with Crippen LogP contribution in [0.3, 0.4) is 0 Å². The van der Waals surface area contributed by atoms with Crippen LogP contribution in [0.2, 0.25) is 0 Å². The van der Waals surface area contributed by atoms with Crippen molar-refractivity contribution in [3.8, 4) is 0 Å². The highest BCUT2D eigenvalue weighted by Gasteiger charge is 2.24. The van der Waals surface area contributed by atoms with Crippen molar-refractivity contribution in [2.75, 3.05) is 53.5 Å². The number of likely N-dealkylation sites (N-methyl/N-ethyl adjacent to an activating group) is 1. The molecule has 1 aromatic carbocycles. The van der Waals surface area contributed by atoms with Gasteiger partial charge in [0.25, 0.3) is 0 Å². The highest BCUT2D eigenvalue weighted by Crippen LogP contribution is 2.23. The van der Waals surface area contributed by atoms with Gasteiger partial charge in [-0.2, -0.15) is 0 Å². The smallest absolute Gasteiger partial charge is 0.243 e. The van der Waals surface area contributed by atoms with Gasteiger partial charge < -0.3 is 20.3 Å². The van der Waals surface area contributed by atoms with Crippen LogP contribution in [-0.4, -0.2) is 81.2 Å². The zero-order chi connectivity index (χ0) is 21.8. The topological polar surface area (TPSA) is 69.2 Å². The van der Waals surface area contributed by atoms with Crippen LogP contribution in [0.25, 0.3) is 0 Å². The molecule has 1 heterocycles. The van der Waals surface area contributed by atoms with Gasteiger partial charge in [-0.3, -0.25) is 9.69 Å². The molecule has 1 fully saturated rings. The van der Waals surface area contributed by atoms with Crippen LogP contribution in [0, 0.1) is 0 Å². The number of hydrogen-bond acceptors (Lipinski definition) is 4. The van der Waals surface area contributed by atoms with Gasteiger partial charge in [0.1, 0.15) is 6.54 Å². The minimum absolute atomic E-state index is 0. The lowest BCUT2D eigenvalue weighted by molar-refractivity contribution is -0.127. The van der Waals surface area contributed by atoms with Crippen molar-refractivity contribution < 1.29 is 9.53 Å². The predicted octanol–water partition coefficient (Wildman–Crippen LogP) is 2.88. The first-order valence-electron chi connectivity index (χ1n) is 11.1. The maximum absolute atomic E-state index is 11.9. The first-order chi connectivity index (χ1) is 14.5. The molecule has 0 saturated carbocycles. The minimum Gasteiger partial charge on any atom is -0.382 e. The molecule has 7 nitrogen and oxygen atoms in total.